The number of nitrogens with zero attached hydrogens (tertiary/aromatic N) is 2. The number of benzene rings is 1. The highest BCUT2D eigenvalue weighted by Crippen LogP contribution is 2.22. The topological polar surface area (TPSA) is 54.5 Å². The Morgan fingerprint density at radius 2 is 1.83 bits per heavy atom. The summed E-state index contributed by atoms with van der Waals surface area (Å²) in [6.07, 6.45) is 4.26. The van der Waals surface area contributed by atoms with Crippen LogP contribution in [0.15, 0.2) is 22.7 Å². The molecular formula is C13H16BBrF4N2O2. The predicted octanol–water partition coefficient (Wildman–Crippen LogP) is 5.97. The number of carbonyl (C=O) groups is 1. The minimum Gasteiger partial charge on any atom is -0.462 e. The van der Waals surface area contributed by atoms with Crippen LogP contribution >= 0.6 is 15.9 Å². The van der Waals surface area contributed by atoms with E-state index in [1.165, 1.54) is 6.07 Å². The van der Waals surface area contributed by atoms with Gasteiger partial charge in [0.1, 0.15) is 0 Å². The van der Waals surface area contributed by atoms with Crippen molar-refractivity contribution in [3.05, 3.63) is 33.2 Å². The molecule has 0 N–H and O–H groups in total. The number of rotatable bonds is 6. The monoisotopic (exact) mass is 398 g/mol. The second kappa shape index (κ2) is 11.0. The van der Waals surface area contributed by atoms with Crippen LogP contribution in [-0.2, 0) is 4.74 Å². The van der Waals surface area contributed by atoms with Gasteiger partial charge in [-0.25, -0.2) is 4.79 Å². The SMILES string of the molecule is CCCCCCOC(=O)c1cc(Br)cc([N+]#N)c1.F[B-](F)(F)F. The highest BCUT2D eigenvalue weighted by Gasteiger charge is 2.20. The average Bonchev–Trinajstić information content (AvgIpc) is 2.44. The zero-order valence-corrected chi connectivity index (χ0v) is 14.0. The van der Waals surface area contributed by atoms with E-state index in [9.17, 15) is 22.1 Å². The number of ether oxygens (including phenoxy) is 1. The summed E-state index contributed by atoms with van der Waals surface area (Å²) in [5.74, 6) is -0.391. The zero-order valence-electron chi connectivity index (χ0n) is 12.4. The van der Waals surface area contributed by atoms with Crippen molar-refractivity contribution in [2.75, 3.05) is 6.61 Å². The van der Waals surface area contributed by atoms with Crippen molar-refractivity contribution >= 4 is 34.8 Å². The fourth-order valence-electron chi connectivity index (χ4n) is 1.53. The van der Waals surface area contributed by atoms with Crippen molar-refractivity contribution < 1.29 is 26.8 Å². The predicted molar refractivity (Wildman–Crippen MR) is 83.5 cm³/mol. The molecule has 1 aromatic rings. The van der Waals surface area contributed by atoms with Gasteiger partial charge in [-0.2, -0.15) is 0 Å². The molecule has 0 bridgehead atoms. The van der Waals surface area contributed by atoms with E-state index >= 15 is 0 Å². The molecule has 1 aromatic carbocycles. The van der Waals surface area contributed by atoms with Crippen LogP contribution in [-0.4, -0.2) is 19.8 Å². The third kappa shape index (κ3) is 12.6. The van der Waals surface area contributed by atoms with Crippen LogP contribution in [0.5, 0.6) is 0 Å². The van der Waals surface area contributed by atoms with Crippen LogP contribution in [0.1, 0.15) is 43.0 Å². The Kier molecular flexibility index (Phi) is 10.2. The first-order valence-corrected chi connectivity index (χ1v) is 7.66. The summed E-state index contributed by atoms with van der Waals surface area (Å²) in [5, 5.41) is 8.69. The van der Waals surface area contributed by atoms with Gasteiger partial charge in [-0.1, -0.05) is 42.1 Å². The van der Waals surface area contributed by atoms with Crippen molar-refractivity contribution in [2.24, 2.45) is 0 Å². The van der Waals surface area contributed by atoms with Gasteiger partial charge in [0.15, 0.2) is 4.98 Å². The summed E-state index contributed by atoms with van der Waals surface area (Å²) in [5.41, 5.74) is 0.704. The van der Waals surface area contributed by atoms with Crippen molar-refractivity contribution in [3.63, 3.8) is 0 Å². The van der Waals surface area contributed by atoms with Crippen LogP contribution in [0, 0.1) is 5.39 Å². The number of hydrogen-bond donors (Lipinski definition) is 0. The molecule has 0 aliphatic rings. The van der Waals surface area contributed by atoms with E-state index in [1.807, 2.05) is 0 Å². The summed E-state index contributed by atoms with van der Waals surface area (Å²) < 4.78 is 44.8. The van der Waals surface area contributed by atoms with Crippen molar-refractivity contribution in [2.45, 2.75) is 32.6 Å². The molecule has 1 rings (SSSR count). The quantitative estimate of drug-likeness (QED) is 0.195. The summed E-state index contributed by atoms with van der Waals surface area (Å²) in [6, 6.07) is 4.74. The number of carbonyl (C=O) groups excluding carboxylic acids is 1. The van der Waals surface area contributed by atoms with Gasteiger partial charge in [-0.3, -0.25) is 0 Å². The molecule has 0 fully saturated rings. The van der Waals surface area contributed by atoms with E-state index in [-0.39, 0.29) is 0 Å². The lowest BCUT2D eigenvalue weighted by molar-refractivity contribution is 0.0497. The van der Waals surface area contributed by atoms with Gasteiger partial charge in [0.25, 0.3) is 0 Å². The van der Waals surface area contributed by atoms with E-state index in [2.05, 4.69) is 27.8 Å². The number of esters is 1. The highest BCUT2D eigenvalue weighted by molar-refractivity contribution is 9.10. The van der Waals surface area contributed by atoms with Crippen LogP contribution in [0.3, 0.4) is 0 Å². The van der Waals surface area contributed by atoms with E-state index in [0.717, 1.165) is 25.7 Å². The molecule has 23 heavy (non-hydrogen) atoms. The van der Waals surface area contributed by atoms with Crippen LogP contribution in [0.4, 0.5) is 23.0 Å². The van der Waals surface area contributed by atoms with Gasteiger partial charge >= 0.3 is 18.9 Å². The third-order valence-corrected chi connectivity index (χ3v) is 2.92. The lowest BCUT2D eigenvalue weighted by Gasteiger charge is -2.04. The van der Waals surface area contributed by atoms with Gasteiger partial charge < -0.3 is 22.0 Å². The maximum absolute atomic E-state index is 11.7. The molecule has 0 aromatic heterocycles. The molecule has 4 nitrogen and oxygen atoms in total. The summed E-state index contributed by atoms with van der Waals surface area (Å²) in [7, 11) is -6.00. The Hall–Kier alpha value is -1.63. The first-order valence-electron chi connectivity index (χ1n) is 6.87. The molecule has 0 unspecified atom stereocenters. The summed E-state index contributed by atoms with van der Waals surface area (Å²) >= 11 is 3.25. The molecule has 10 heteroatoms. The summed E-state index contributed by atoms with van der Waals surface area (Å²) in [4.78, 5) is 14.8. The molecule has 0 atom stereocenters. The maximum Gasteiger partial charge on any atom is 0.673 e. The molecule has 0 radical (unpaired) electrons. The standard InChI is InChI=1S/C13H16BrN2O2.BF4/c1-2-3-4-5-6-18-13(17)10-7-11(14)9-12(8-10)16-15;2-1(3,4)5/h7-9H,2-6H2,1H3;/q+1;-1. The van der Waals surface area contributed by atoms with Crippen molar-refractivity contribution in [1.29, 1.82) is 5.39 Å². The molecule has 0 heterocycles. The molecule has 0 aliphatic carbocycles. The fourth-order valence-corrected chi connectivity index (χ4v) is 2.01. The molecule has 128 valence electrons. The van der Waals surface area contributed by atoms with E-state index in [0.29, 0.717) is 22.3 Å². The average molecular weight is 399 g/mol. The zero-order chi connectivity index (χ0) is 17.9. The second-order valence-electron chi connectivity index (χ2n) is 4.49. The Labute approximate surface area is 140 Å². The number of halogens is 5. The van der Waals surface area contributed by atoms with Crippen LogP contribution < -0.4 is 0 Å². The Morgan fingerprint density at radius 1 is 1.22 bits per heavy atom. The Balaban J connectivity index is 0.000000841. The van der Waals surface area contributed by atoms with Gasteiger partial charge in [-0.05, 0) is 12.5 Å². The lowest BCUT2D eigenvalue weighted by atomic mass is 10.2. The smallest absolute Gasteiger partial charge is 0.462 e. The van der Waals surface area contributed by atoms with E-state index in [1.54, 1.807) is 12.1 Å². The number of diazo groups is 1. The van der Waals surface area contributed by atoms with Gasteiger partial charge in [-0.15, -0.1) is 0 Å². The molecule has 0 saturated carbocycles. The van der Waals surface area contributed by atoms with E-state index < -0.39 is 13.2 Å². The Morgan fingerprint density at radius 3 is 2.35 bits per heavy atom. The number of hydrogen-bond acceptors (Lipinski definition) is 3. The van der Waals surface area contributed by atoms with E-state index in [4.69, 9.17) is 10.1 Å². The number of unbranched alkanes of at least 4 members (excludes halogenated alkanes) is 3. The highest BCUT2D eigenvalue weighted by atomic mass is 79.9. The van der Waals surface area contributed by atoms with Crippen molar-refractivity contribution in [3.8, 4) is 0 Å². The van der Waals surface area contributed by atoms with Gasteiger partial charge in [0, 0.05) is 16.6 Å². The van der Waals surface area contributed by atoms with Crippen LogP contribution in [0.2, 0.25) is 0 Å². The maximum atomic E-state index is 11.7. The normalized spacial score (nSPS) is 10.3. The fraction of sp³-hybridized carbons (Fsp3) is 0.462. The minimum absolute atomic E-state index is 0.322. The Bertz CT molecular complexity index is 544. The second-order valence-corrected chi connectivity index (χ2v) is 5.41. The molecule has 0 aliphatic heterocycles. The molecule has 0 saturated heterocycles. The summed E-state index contributed by atoms with van der Waals surface area (Å²) in [6.45, 7) is 2.56. The largest absolute Gasteiger partial charge is 0.673 e. The van der Waals surface area contributed by atoms with Gasteiger partial charge in [0.2, 0.25) is 5.39 Å². The minimum atomic E-state index is -6.00. The molecule has 0 spiro atoms. The van der Waals surface area contributed by atoms with Crippen LogP contribution in [0.25, 0.3) is 4.98 Å². The molecular weight excluding hydrogens is 383 g/mol. The first kappa shape index (κ1) is 21.4. The van der Waals surface area contributed by atoms with Crippen molar-refractivity contribution in [1.82, 2.24) is 0 Å². The lowest BCUT2D eigenvalue weighted by Crippen LogP contribution is -2.06. The third-order valence-electron chi connectivity index (χ3n) is 2.46. The molecule has 0 amide bonds. The van der Waals surface area contributed by atoms with Gasteiger partial charge in [0.05, 0.1) is 12.2 Å². The first-order chi connectivity index (χ1) is 10.7.